The minimum Gasteiger partial charge on any atom is -0.480 e. The number of carboxylic acid groups (broad SMARTS) is 1. The molecule has 2 rings (SSSR count). The van der Waals surface area contributed by atoms with Gasteiger partial charge in [-0.05, 0) is 37.1 Å². The Morgan fingerprint density at radius 2 is 1.47 bits per heavy atom. The Kier molecular flexibility index (Phi) is 3.56. The quantitative estimate of drug-likeness (QED) is 0.877. The van der Waals surface area contributed by atoms with Crippen LogP contribution in [0.5, 0.6) is 0 Å². The van der Waals surface area contributed by atoms with Crippen molar-refractivity contribution in [2.45, 2.75) is 19.4 Å². The van der Waals surface area contributed by atoms with Gasteiger partial charge in [0.25, 0.3) is 0 Å². The van der Waals surface area contributed by atoms with E-state index in [4.69, 9.17) is 5.11 Å². The van der Waals surface area contributed by atoms with Crippen molar-refractivity contribution >= 4 is 11.7 Å². The number of hydrogen-bond donors (Lipinski definition) is 2. The normalized spacial score (nSPS) is 11.1. The van der Waals surface area contributed by atoms with Crippen molar-refractivity contribution in [1.29, 1.82) is 0 Å². The van der Waals surface area contributed by atoms with Gasteiger partial charge in [-0.1, -0.05) is 42.5 Å². The van der Waals surface area contributed by atoms with Crippen molar-refractivity contribution in [2.75, 3.05) is 5.32 Å². The molecule has 0 amide bonds. The molecule has 0 heterocycles. The summed E-state index contributed by atoms with van der Waals surface area (Å²) in [5.74, 6) is -0.875. The van der Waals surface area contributed by atoms with Gasteiger partial charge in [0, 0.05) is 5.69 Å². The van der Waals surface area contributed by atoms with Crippen LogP contribution in [0.2, 0.25) is 0 Å². The average Bonchev–Trinajstić information content (AvgIpc) is 2.40. The fourth-order valence-corrected chi connectivity index (χ4v) is 1.79. The highest BCUT2D eigenvalue weighted by atomic mass is 16.4. The number of benzene rings is 2. The lowest BCUT2D eigenvalue weighted by Crippen LogP contribution is -2.39. The van der Waals surface area contributed by atoms with E-state index < -0.39 is 11.5 Å². The minimum absolute atomic E-state index is 0.798. The van der Waals surface area contributed by atoms with Crippen LogP contribution < -0.4 is 5.32 Å². The standard InChI is InChI=1S/C16H17NO2/c1-16(2,15(18)19)17-14-10-8-13(9-11-14)12-6-4-3-5-7-12/h3-11,17H,1-2H3,(H,18,19). The summed E-state index contributed by atoms with van der Waals surface area (Å²) in [6, 6.07) is 17.8. The summed E-state index contributed by atoms with van der Waals surface area (Å²) in [6.07, 6.45) is 0. The average molecular weight is 255 g/mol. The van der Waals surface area contributed by atoms with Crippen LogP contribution in [0.4, 0.5) is 5.69 Å². The predicted octanol–water partition coefficient (Wildman–Crippen LogP) is 3.63. The second-order valence-corrected chi connectivity index (χ2v) is 5.00. The van der Waals surface area contributed by atoms with E-state index >= 15 is 0 Å². The maximum absolute atomic E-state index is 11.1. The number of carboxylic acids is 1. The molecular formula is C16H17NO2. The van der Waals surface area contributed by atoms with Gasteiger partial charge in [-0.25, -0.2) is 4.79 Å². The van der Waals surface area contributed by atoms with Crippen molar-refractivity contribution < 1.29 is 9.90 Å². The Hall–Kier alpha value is -2.29. The molecule has 98 valence electrons. The Morgan fingerprint density at radius 3 is 2.00 bits per heavy atom. The van der Waals surface area contributed by atoms with Gasteiger partial charge in [-0.15, -0.1) is 0 Å². The summed E-state index contributed by atoms with van der Waals surface area (Å²) in [6.45, 7) is 3.28. The van der Waals surface area contributed by atoms with Gasteiger partial charge < -0.3 is 10.4 Å². The monoisotopic (exact) mass is 255 g/mol. The van der Waals surface area contributed by atoms with Crippen LogP contribution in [-0.2, 0) is 4.79 Å². The lowest BCUT2D eigenvalue weighted by molar-refractivity contribution is -0.141. The van der Waals surface area contributed by atoms with Crippen molar-refractivity contribution in [3.05, 3.63) is 54.6 Å². The Balaban J connectivity index is 2.18. The summed E-state index contributed by atoms with van der Waals surface area (Å²) in [7, 11) is 0. The van der Waals surface area contributed by atoms with E-state index in [2.05, 4.69) is 5.32 Å². The highest BCUT2D eigenvalue weighted by molar-refractivity contribution is 5.81. The van der Waals surface area contributed by atoms with E-state index in [0.717, 1.165) is 16.8 Å². The summed E-state index contributed by atoms with van der Waals surface area (Å²) in [5, 5.41) is 12.1. The van der Waals surface area contributed by atoms with Crippen molar-refractivity contribution in [2.24, 2.45) is 0 Å². The maximum atomic E-state index is 11.1. The van der Waals surface area contributed by atoms with Crippen LogP contribution in [0.3, 0.4) is 0 Å². The fraction of sp³-hybridized carbons (Fsp3) is 0.188. The lowest BCUT2D eigenvalue weighted by Gasteiger charge is -2.22. The van der Waals surface area contributed by atoms with Crippen molar-refractivity contribution in [3.63, 3.8) is 0 Å². The molecule has 3 heteroatoms. The van der Waals surface area contributed by atoms with Crippen LogP contribution >= 0.6 is 0 Å². The summed E-state index contributed by atoms with van der Waals surface area (Å²) >= 11 is 0. The molecule has 2 N–H and O–H groups in total. The number of anilines is 1. The van der Waals surface area contributed by atoms with Crippen LogP contribution in [0.15, 0.2) is 54.6 Å². The second-order valence-electron chi connectivity index (χ2n) is 5.00. The van der Waals surface area contributed by atoms with E-state index in [-0.39, 0.29) is 0 Å². The third-order valence-corrected chi connectivity index (χ3v) is 2.98. The molecule has 0 unspecified atom stereocenters. The van der Waals surface area contributed by atoms with Gasteiger partial charge in [0.05, 0.1) is 0 Å². The van der Waals surface area contributed by atoms with E-state index in [9.17, 15) is 4.79 Å². The third-order valence-electron chi connectivity index (χ3n) is 2.98. The van der Waals surface area contributed by atoms with Crippen LogP contribution in [-0.4, -0.2) is 16.6 Å². The van der Waals surface area contributed by atoms with E-state index in [0.29, 0.717) is 0 Å². The largest absolute Gasteiger partial charge is 0.480 e. The van der Waals surface area contributed by atoms with E-state index in [1.165, 1.54) is 0 Å². The molecule has 19 heavy (non-hydrogen) atoms. The Labute approximate surface area is 112 Å². The first-order valence-corrected chi connectivity index (χ1v) is 6.16. The summed E-state index contributed by atoms with van der Waals surface area (Å²) < 4.78 is 0. The van der Waals surface area contributed by atoms with Gasteiger partial charge in [-0.3, -0.25) is 0 Å². The zero-order chi connectivity index (χ0) is 13.9. The van der Waals surface area contributed by atoms with E-state index in [1.807, 2.05) is 54.6 Å². The molecule has 0 atom stereocenters. The number of carbonyl (C=O) groups is 1. The Bertz CT molecular complexity index is 559. The first-order valence-electron chi connectivity index (χ1n) is 6.16. The van der Waals surface area contributed by atoms with Gasteiger partial charge in [0.15, 0.2) is 0 Å². The maximum Gasteiger partial charge on any atom is 0.328 e. The van der Waals surface area contributed by atoms with Crippen LogP contribution in [0.1, 0.15) is 13.8 Å². The van der Waals surface area contributed by atoms with Gasteiger partial charge >= 0.3 is 5.97 Å². The molecule has 0 bridgehead atoms. The number of hydrogen-bond acceptors (Lipinski definition) is 2. The molecule has 2 aromatic carbocycles. The molecule has 0 aromatic heterocycles. The molecule has 0 aliphatic rings. The number of nitrogens with one attached hydrogen (secondary N) is 1. The molecule has 0 aliphatic heterocycles. The second kappa shape index (κ2) is 5.14. The molecule has 0 aliphatic carbocycles. The fourth-order valence-electron chi connectivity index (χ4n) is 1.79. The molecule has 0 fully saturated rings. The zero-order valence-electron chi connectivity index (χ0n) is 11.1. The molecule has 0 saturated heterocycles. The highest BCUT2D eigenvalue weighted by Crippen LogP contribution is 2.22. The van der Waals surface area contributed by atoms with E-state index in [1.54, 1.807) is 13.8 Å². The predicted molar refractivity (Wildman–Crippen MR) is 77.2 cm³/mol. The topological polar surface area (TPSA) is 49.3 Å². The minimum atomic E-state index is -0.978. The summed E-state index contributed by atoms with van der Waals surface area (Å²) in [5.41, 5.74) is 2.08. The number of aliphatic carboxylic acids is 1. The molecule has 0 radical (unpaired) electrons. The van der Waals surface area contributed by atoms with Crippen LogP contribution in [0.25, 0.3) is 11.1 Å². The molecule has 2 aromatic rings. The molecule has 3 nitrogen and oxygen atoms in total. The third kappa shape index (κ3) is 3.13. The first-order chi connectivity index (χ1) is 8.99. The van der Waals surface area contributed by atoms with Gasteiger partial charge in [0.2, 0.25) is 0 Å². The lowest BCUT2D eigenvalue weighted by atomic mass is 10.0. The SMILES string of the molecule is CC(C)(Nc1ccc(-c2ccccc2)cc1)C(=O)O. The smallest absolute Gasteiger partial charge is 0.328 e. The Morgan fingerprint density at radius 1 is 0.947 bits per heavy atom. The number of rotatable bonds is 4. The van der Waals surface area contributed by atoms with Crippen LogP contribution in [0, 0.1) is 0 Å². The van der Waals surface area contributed by atoms with Gasteiger partial charge in [0.1, 0.15) is 5.54 Å². The molecule has 0 saturated carbocycles. The van der Waals surface area contributed by atoms with Crippen molar-refractivity contribution in [1.82, 2.24) is 0 Å². The van der Waals surface area contributed by atoms with Gasteiger partial charge in [-0.2, -0.15) is 0 Å². The first kappa shape index (κ1) is 13.1. The molecular weight excluding hydrogens is 238 g/mol. The highest BCUT2D eigenvalue weighted by Gasteiger charge is 2.26. The van der Waals surface area contributed by atoms with Crippen molar-refractivity contribution in [3.8, 4) is 11.1 Å². The summed E-state index contributed by atoms with van der Waals surface area (Å²) in [4.78, 5) is 11.1. The zero-order valence-corrected chi connectivity index (χ0v) is 11.1. The molecule has 0 spiro atoms.